The van der Waals surface area contributed by atoms with E-state index in [0.29, 0.717) is 18.7 Å². The number of carbonyl (C=O) groups excluding carboxylic acids is 1. The molecule has 1 aliphatic rings. The predicted molar refractivity (Wildman–Crippen MR) is 73.0 cm³/mol. The number of ether oxygens (including phenoxy) is 1. The van der Waals surface area contributed by atoms with Crippen molar-refractivity contribution in [2.75, 3.05) is 18.4 Å². The summed E-state index contributed by atoms with van der Waals surface area (Å²) in [6, 6.07) is 3.63. The fourth-order valence-electron chi connectivity index (χ4n) is 2.18. The summed E-state index contributed by atoms with van der Waals surface area (Å²) in [5.41, 5.74) is 1.46. The molecule has 0 radical (unpaired) electrons. The molecule has 98 valence electrons. The normalized spacial score (nSPS) is 24.1. The first-order chi connectivity index (χ1) is 8.61. The highest BCUT2D eigenvalue weighted by molar-refractivity contribution is 9.09. The quantitative estimate of drug-likeness (QED) is 0.785. The molecule has 1 fully saturated rings. The summed E-state index contributed by atoms with van der Waals surface area (Å²) in [5.74, 6) is 0.0432. The topological polar surface area (TPSA) is 42.4 Å². The maximum Gasteiger partial charge on any atom is 0.255 e. The molecule has 1 aromatic heterocycles. The van der Waals surface area contributed by atoms with Crippen LogP contribution in [-0.2, 0) is 4.74 Å². The lowest BCUT2D eigenvalue weighted by atomic mass is 10.1. The van der Waals surface area contributed by atoms with Crippen molar-refractivity contribution in [3.05, 3.63) is 29.6 Å². The fraction of sp³-hybridized carbons (Fsp3) is 0.538. The molecule has 1 aliphatic heterocycles. The molecule has 2 heterocycles. The highest BCUT2D eigenvalue weighted by atomic mass is 79.9. The van der Waals surface area contributed by atoms with E-state index in [0.717, 1.165) is 11.0 Å². The van der Waals surface area contributed by atoms with Gasteiger partial charge in [0.15, 0.2) is 0 Å². The standard InChI is InChI=1S/C13H17BrN2O2/c1-9-7-16(8-11(6-14)18-9)13(17)12-4-3-5-15-10(12)2/h3-5,9,11H,6-8H2,1-2H3. The second-order valence-corrected chi connectivity index (χ2v) is 5.22. The van der Waals surface area contributed by atoms with Gasteiger partial charge >= 0.3 is 0 Å². The summed E-state index contributed by atoms with van der Waals surface area (Å²) in [5, 5.41) is 0.743. The Balaban J connectivity index is 2.16. The third-order valence-electron chi connectivity index (χ3n) is 3.02. The summed E-state index contributed by atoms with van der Waals surface area (Å²) in [6.45, 7) is 5.11. The Morgan fingerprint density at radius 3 is 3.06 bits per heavy atom. The number of amides is 1. The minimum atomic E-state index is 0.0432. The molecule has 0 spiro atoms. The maximum absolute atomic E-state index is 12.4. The van der Waals surface area contributed by atoms with E-state index < -0.39 is 0 Å². The number of rotatable bonds is 2. The molecule has 0 N–H and O–H groups in total. The number of hydrogen-bond donors (Lipinski definition) is 0. The van der Waals surface area contributed by atoms with Gasteiger partial charge in [0.2, 0.25) is 0 Å². The number of aromatic nitrogens is 1. The number of aryl methyl sites for hydroxylation is 1. The summed E-state index contributed by atoms with van der Waals surface area (Å²) >= 11 is 3.41. The Morgan fingerprint density at radius 1 is 1.61 bits per heavy atom. The van der Waals surface area contributed by atoms with Crippen LogP contribution >= 0.6 is 15.9 Å². The second-order valence-electron chi connectivity index (χ2n) is 4.57. The average molecular weight is 313 g/mol. The van der Waals surface area contributed by atoms with E-state index in [4.69, 9.17) is 4.74 Å². The summed E-state index contributed by atoms with van der Waals surface area (Å²) < 4.78 is 5.73. The van der Waals surface area contributed by atoms with Crippen LogP contribution < -0.4 is 0 Å². The monoisotopic (exact) mass is 312 g/mol. The molecular weight excluding hydrogens is 296 g/mol. The molecule has 0 bridgehead atoms. The van der Waals surface area contributed by atoms with Crippen molar-refractivity contribution in [3.8, 4) is 0 Å². The minimum absolute atomic E-state index is 0.0432. The van der Waals surface area contributed by atoms with Gasteiger partial charge in [-0.2, -0.15) is 0 Å². The Morgan fingerprint density at radius 2 is 2.39 bits per heavy atom. The van der Waals surface area contributed by atoms with Crippen molar-refractivity contribution in [2.24, 2.45) is 0 Å². The van der Waals surface area contributed by atoms with Gasteiger partial charge in [-0.25, -0.2) is 0 Å². The van der Waals surface area contributed by atoms with Crippen molar-refractivity contribution < 1.29 is 9.53 Å². The van der Waals surface area contributed by atoms with E-state index in [1.54, 1.807) is 12.3 Å². The zero-order chi connectivity index (χ0) is 13.1. The van der Waals surface area contributed by atoms with Gasteiger partial charge in [0.05, 0.1) is 17.8 Å². The van der Waals surface area contributed by atoms with Crippen LogP contribution in [0.2, 0.25) is 0 Å². The Kier molecular flexibility index (Phi) is 4.35. The zero-order valence-electron chi connectivity index (χ0n) is 10.6. The Hall–Kier alpha value is -0.940. The van der Waals surface area contributed by atoms with Crippen LogP contribution in [0.1, 0.15) is 23.0 Å². The number of nitrogens with zero attached hydrogens (tertiary/aromatic N) is 2. The number of pyridine rings is 1. The van der Waals surface area contributed by atoms with E-state index in [1.807, 2.05) is 24.8 Å². The summed E-state index contributed by atoms with van der Waals surface area (Å²) in [6.07, 6.45) is 1.84. The molecule has 0 saturated carbocycles. The third-order valence-corrected chi connectivity index (χ3v) is 3.75. The van der Waals surface area contributed by atoms with Crippen LogP contribution in [0, 0.1) is 6.92 Å². The summed E-state index contributed by atoms with van der Waals surface area (Å²) in [4.78, 5) is 18.5. The first kappa shape index (κ1) is 13.5. The average Bonchev–Trinajstić information content (AvgIpc) is 2.37. The van der Waals surface area contributed by atoms with Gasteiger partial charge in [0, 0.05) is 30.3 Å². The number of halogens is 1. The molecule has 1 amide bonds. The maximum atomic E-state index is 12.4. The molecule has 5 heteroatoms. The second kappa shape index (κ2) is 5.80. The van der Waals surface area contributed by atoms with Crippen molar-refractivity contribution >= 4 is 21.8 Å². The first-order valence-corrected chi connectivity index (χ1v) is 7.16. The van der Waals surface area contributed by atoms with Crippen molar-refractivity contribution in [1.82, 2.24) is 9.88 Å². The SMILES string of the molecule is Cc1ncccc1C(=O)N1CC(C)OC(CBr)C1. The van der Waals surface area contributed by atoms with Crippen molar-refractivity contribution in [2.45, 2.75) is 26.1 Å². The van der Waals surface area contributed by atoms with Crippen LogP contribution in [0.3, 0.4) is 0 Å². The lowest BCUT2D eigenvalue weighted by Gasteiger charge is -2.36. The van der Waals surface area contributed by atoms with Gasteiger partial charge in [-0.1, -0.05) is 15.9 Å². The summed E-state index contributed by atoms with van der Waals surface area (Å²) in [7, 11) is 0. The van der Waals surface area contributed by atoms with E-state index in [1.165, 1.54) is 0 Å². The predicted octanol–water partition coefficient (Wildman–Crippen LogP) is 2.01. The molecule has 4 nitrogen and oxygen atoms in total. The molecule has 0 aromatic carbocycles. The lowest BCUT2D eigenvalue weighted by molar-refractivity contribution is -0.0560. The minimum Gasteiger partial charge on any atom is -0.371 e. The van der Waals surface area contributed by atoms with Crippen LogP contribution in [0.4, 0.5) is 0 Å². The van der Waals surface area contributed by atoms with Crippen LogP contribution in [0.15, 0.2) is 18.3 Å². The molecule has 2 rings (SSSR count). The first-order valence-electron chi connectivity index (χ1n) is 6.04. The van der Waals surface area contributed by atoms with Crippen molar-refractivity contribution in [3.63, 3.8) is 0 Å². The van der Waals surface area contributed by atoms with Crippen LogP contribution in [-0.4, -0.2) is 46.4 Å². The molecule has 1 saturated heterocycles. The highest BCUT2D eigenvalue weighted by Gasteiger charge is 2.28. The largest absolute Gasteiger partial charge is 0.371 e. The number of carbonyl (C=O) groups is 1. The molecule has 18 heavy (non-hydrogen) atoms. The zero-order valence-corrected chi connectivity index (χ0v) is 12.2. The number of morpholine rings is 1. The Bertz CT molecular complexity index is 439. The number of alkyl halides is 1. The molecule has 1 aromatic rings. The van der Waals surface area contributed by atoms with Crippen LogP contribution in [0.25, 0.3) is 0 Å². The van der Waals surface area contributed by atoms with Crippen molar-refractivity contribution in [1.29, 1.82) is 0 Å². The highest BCUT2D eigenvalue weighted by Crippen LogP contribution is 2.16. The Labute approximate surface area is 115 Å². The van der Waals surface area contributed by atoms with Gasteiger partial charge in [-0.3, -0.25) is 9.78 Å². The van der Waals surface area contributed by atoms with Gasteiger partial charge in [-0.15, -0.1) is 0 Å². The lowest BCUT2D eigenvalue weighted by Crippen LogP contribution is -2.49. The van der Waals surface area contributed by atoms with Gasteiger partial charge in [0.1, 0.15) is 0 Å². The van der Waals surface area contributed by atoms with E-state index >= 15 is 0 Å². The van der Waals surface area contributed by atoms with Gasteiger partial charge in [0.25, 0.3) is 5.91 Å². The third kappa shape index (κ3) is 2.90. The van der Waals surface area contributed by atoms with Crippen LogP contribution in [0.5, 0.6) is 0 Å². The molecule has 2 unspecified atom stereocenters. The molecule has 0 aliphatic carbocycles. The number of hydrogen-bond acceptors (Lipinski definition) is 3. The molecular formula is C13H17BrN2O2. The van der Waals surface area contributed by atoms with E-state index in [2.05, 4.69) is 20.9 Å². The van der Waals surface area contributed by atoms with Gasteiger partial charge in [-0.05, 0) is 26.0 Å². The van der Waals surface area contributed by atoms with E-state index in [-0.39, 0.29) is 18.1 Å². The smallest absolute Gasteiger partial charge is 0.255 e. The van der Waals surface area contributed by atoms with Gasteiger partial charge < -0.3 is 9.64 Å². The van der Waals surface area contributed by atoms with E-state index in [9.17, 15) is 4.79 Å². The molecule has 2 atom stereocenters. The fourth-order valence-corrected chi connectivity index (χ4v) is 2.53.